The Labute approximate surface area is 163 Å². The fourth-order valence-electron chi connectivity index (χ4n) is 4.08. The van der Waals surface area contributed by atoms with Crippen molar-refractivity contribution in [3.8, 4) is 5.69 Å². The minimum absolute atomic E-state index is 0.00885. The van der Waals surface area contributed by atoms with Crippen LogP contribution in [0.3, 0.4) is 0 Å². The van der Waals surface area contributed by atoms with Crippen LogP contribution in [0.2, 0.25) is 0 Å². The molecule has 7 nitrogen and oxygen atoms in total. The number of anilines is 1. The van der Waals surface area contributed by atoms with Crippen molar-refractivity contribution in [3.05, 3.63) is 45.6 Å². The van der Waals surface area contributed by atoms with E-state index in [9.17, 15) is 14.4 Å². The van der Waals surface area contributed by atoms with E-state index in [0.717, 1.165) is 12.2 Å². The highest BCUT2D eigenvalue weighted by atomic mass is 16.2. The van der Waals surface area contributed by atoms with Gasteiger partial charge in [0, 0.05) is 25.7 Å². The smallest absolute Gasteiger partial charge is 0.333 e. The molecule has 1 saturated carbocycles. The number of imidazole rings is 1. The zero-order valence-electron chi connectivity index (χ0n) is 16.5. The highest BCUT2D eigenvalue weighted by molar-refractivity contribution is 5.99. The van der Waals surface area contributed by atoms with Gasteiger partial charge >= 0.3 is 5.69 Å². The number of primary amides is 1. The first-order valence-electron chi connectivity index (χ1n) is 9.70. The van der Waals surface area contributed by atoms with Gasteiger partial charge in [0.2, 0.25) is 0 Å². The summed E-state index contributed by atoms with van der Waals surface area (Å²) in [5.41, 5.74) is 7.94. The van der Waals surface area contributed by atoms with E-state index in [1.54, 1.807) is 29.8 Å². The Morgan fingerprint density at radius 2 is 1.96 bits per heavy atom. The number of hydrogen-bond donors (Lipinski definition) is 2. The summed E-state index contributed by atoms with van der Waals surface area (Å²) in [6.07, 6.45) is 3.42. The molecule has 0 spiro atoms. The SMILES string of the molecule is Cn1c2c(n(-c3ccc(C(N)=O)c(NCC4CC4)c3)c1=O)CC(C)(C)CC2=O. The Morgan fingerprint density at radius 3 is 2.61 bits per heavy atom. The van der Waals surface area contributed by atoms with Gasteiger partial charge in [0.25, 0.3) is 5.91 Å². The Kier molecular flexibility index (Phi) is 4.21. The summed E-state index contributed by atoms with van der Waals surface area (Å²) in [5.74, 6) is 0.101. The highest BCUT2D eigenvalue weighted by Gasteiger charge is 2.36. The number of rotatable bonds is 5. The van der Waals surface area contributed by atoms with E-state index in [1.807, 2.05) is 13.8 Å². The number of aromatic nitrogens is 2. The molecule has 7 heteroatoms. The molecule has 0 saturated heterocycles. The van der Waals surface area contributed by atoms with Crippen molar-refractivity contribution in [2.75, 3.05) is 11.9 Å². The van der Waals surface area contributed by atoms with Gasteiger partial charge in [-0.2, -0.15) is 0 Å². The molecule has 0 atom stereocenters. The molecule has 4 rings (SSSR count). The van der Waals surface area contributed by atoms with E-state index in [2.05, 4.69) is 5.32 Å². The van der Waals surface area contributed by atoms with E-state index >= 15 is 0 Å². The van der Waals surface area contributed by atoms with E-state index in [1.165, 1.54) is 17.4 Å². The average Bonchev–Trinajstić information content (AvgIpc) is 3.39. The van der Waals surface area contributed by atoms with Crippen LogP contribution in [-0.2, 0) is 13.5 Å². The summed E-state index contributed by atoms with van der Waals surface area (Å²) in [5, 5.41) is 3.31. The molecule has 0 unspecified atom stereocenters. The van der Waals surface area contributed by atoms with Crippen LogP contribution in [0.25, 0.3) is 5.69 Å². The minimum Gasteiger partial charge on any atom is -0.384 e. The molecule has 0 bridgehead atoms. The van der Waals surface area contributed by atoms with Crippen LogP contribution >= 0.6 is 0 Å². The molecule has 2 aliphatic carbocycles. The molecule has 1 fully saturated rings. The summed E-state index contributed by atoms with van der Waals surface area (Å²) in [6.45, 7) is 4.85. The van der Waals surface area contributed by atoms with E-state index in [-0.39, 0.29) is 16.9 Å². The first-order chi connectivity index (χ1) is 13.2. The third kappa shape index (κ3) is 3.15. The first kappa shape index (κ1) is 18.5. The van der Waals surface area contributed by atoms with Crippen LogP contribution in [0.4, 0.5) is 5.69 Å². The van der Waals surface area contributed by atoms with Gasteiger partial charge in [-0.3, -0.25) is 18.7 Å². The van der Waals surface area contributed by atoms with Crippen molar-refractivity contribution < 1.29 is 9.59 Å². The lowest BCUT2D eigenvalue weighted by Crippen LogP contribution is -2.29. The standard InChI is InChI=1S/C21H26N4O3/c1-21(2)9-16-18(17(26)10-21)24(3)20(28)25(16)13-6-7-14(19(22)27)15(8-13)23-11-12-4-5-12/h6-8,12,23H,4-5,9-11H2,1-3H3,(H2,22,27). The first-order valence-corrected chi connectivity index (χ1v) is 9.70. The number of benzene rings is 1. The van der Waals surface area contributed by atoms with E-state index in [0.29, 0.717) is 41.4 Å². The third-order valence-corrected chi connectivity index (χ3v) is 5.71. The molecule has 0 radical (unpaired) electrons. The molecule has 148 valence electrons. The molecule has 0 aliphatic heterocycles. The lowest BCUT2D eigenvalue weighted by Gasteiger charge is -2.29. The van der Waals surface area contributed by atoms with Gasteiger partial charge in [0.15, 0.2) is 5.78 Å². The van der Waals surface area contributed by atoms with Gasteiger partial charge in [0.05, 0.1) is 16.9 Å². The number of hydrogen-bond acceptors (Lipinski definition) is 4. The highest BCUT2D eigenvalue weighted by Crippen LogP contribution is 2.35. The van der Waals surface area contributed by atoms with Crippen molar-refractivity contribution in [1.29, 1.82) is 0 Å². The molecule has 1 amide bonds. The number of nitrogens with two attached hydrogens (primary N) is 1. The Morgan fingerprint density at radius 1 is 1.25 bits per heavy atom. The van der Waals surface area contributed by atoms with E-state index < -0.39 is 5.91 Å². The predicted octanol–water partition coefficient (Wildman–Crippen LogP) is 2.25. The van der Waals surface area contributed by atoms with Crippen LogP contribution < -0.4 is 16.7 Å². The maximum absolute atomic E-state index is 13.0. The van der Waals surface area contributed by atoms with Crippen molar-refractivity contribution in [3.63, 3.8) is 0 Å². The Balaban J connectivity index is 1.84. The number of ketones is 1. The number of fused-ring (bicyclic) bond motifs is 1. The van der Waals surface area contributed by atoms with E-state index in [4.69, 9.17) is 5.73 Å². The van der Waals surface area contributed by atoms with Crippen LogP contribution in [0.15, 0.2) is 23.0 Å². The topological polar surface area (TPSA) is 99.1 Å². The third-order valence-electron chi connectivity index (χ3n) is 5.71. The number of carbonyl (C=O) groups is 2. The second-order valence-corrected chi connectivity index (χ2v) is 8.83. The van der Waals surface area contributed by atoms with Crippen molar-refractivity contribution in [2.24, 2.45) is 24.1 Å². The van der Waals surface area contributed by atoms with Gasteiger partial charge in [-0.25, -0.2) is 4.79 Å². The Bertz CT molecular complexity index is 1040. The van der Waals surface area contributed by atoms with Crippen LogP contribution in [0.1, 0.15) is 59.7 Å². The second-order valence-electron chi connectivity index (χ2n) is 8.83. The summed E-state index contributed by atoms with van der Waals surface area (Å²) in [6, 6.07) is 5.15. The van der Waals surface area contributed by atoms with Gasteiger partial charge in [-0.1, -0.05) is 13.8 Å². The molecule has 28 heavy (non-hydrogen) atoms. The average molecular weight is 382 g/mol. The van der Waals surface area contributed by atoms with Gasteiger partial charge in [-0.05, 0) is 48.8 Å². The molecular weight excluding hydrogens is 356 g/mol. The number of Topliss-reactive ketones (excluding diaryl/α,β-unsaturated/α-hetero) is 1. The zero-order chi connectivity index (χ0) is 20.2. The van der Waals surface area contributed by atoms with Gasteiger partial charge in [-0.15, -0.1) is 0 Å². The molecular formula is C21H26N4O3. The van der Waals surface area contributed by atoms with Crippen molar-refractivity contribution >= 4 is 17.4 Å². The maximum atomic E-state index is 13.0. The summed E-state index contributed by atoms with van der Waals surface area (Å²) in [4.78, 5) is 37.5. The number of carbonyl (C=O) groups excluding carboxylic acids is 2. The number of amides is 1. The van der Waals surface area contributed by atoms with Gasteiger partial charge in [0.1, 0.15) is 5.69 Å². The monoisotopic (exact) mass is 382 g/mol. The summed E-state index contributed by atoms with van der Waals surface area (Å²) < 4.78 is 3.04. The largest absolute Gasteiger partial charge is 0.384 e. The fourth-order valence-corrected chi connectivity index (χ4v) is 4.08. The van der Waals surface area contributed by atoms with Crippen LogP contribution in [-0.4, -0.2) is 27.4 Å². The maximum Gasteiger partial charge on any atom is 0.333 e. The van der Waals surface area contributed by atoms with Crippen molar-refractivity contribution in [1.82, 2.24) is 9.13 Å². The quantitative estimate of drug-likeness (QED) is 0.828. The van der Waals surface area contributed by atoms with Crippen LogP contribution in [0, 0.1) is 11.3 Å². The molecule has 1 aromatic carbocycles. The predicted molar refractivity (Wildman–Crippen MR) is 107 cm³/mol. The molecule has 1 aromatic heterocycles. The minimum atomic E-state index is -0.511. The lowest BCUT2D eigenvalue weighted by molar-refractivity contribution is 0.0900. The summed E-state index contributed by atoms with van der Waals surface area (Å²) in [7, 11) is 1.64. The normalized spacial score (nSPS) is 18.0. The molecule has 1 heterocycles. The van der Waals surface area contributed by atoms with Crippen molar-refractivity contribution in [2.45, 2.75) is 39.5 Å². The van der Waals surface area contributed by atoms with Crippen LogP contribution in [0.5, 0.6) is 0 Å². The number of nitrogens with one attached hydrogen (secondary N) is 1. The lowest BCUT2D eigenvalue weighted by atomic mass is 9.77. The summed E-state index contributed by atoms with van der Waals surface area (Å²) >= 11 is 0. The second kappa shape index (κ2) is 6.36. The number of nitrogens with zero attached hydrogens (tertiary/aromatic N) is 2. The van der Waals surface area contributed by atoms with Gasteiger partial charge < -0.3 is 11.1 Å². The molecule has 2 aromatic rings. The molecule has 2 aliphatic rings. The Hall–Kier alpha value is -2.83. The molecule has 3 N–H and O–H groups in total. The fraction of sp³-hybridized carbons (Fsp3) is 0.476. The zero-order valence-corrected chi connectivity index (χ0v) is 16.5.